The lowest BCUT2D eigenvalue weighted by molar-refractivity contribution is -0.162. The molecule has 0 aliphatic carbocycles. The predicted octanol–water partition coefficient (Wildman–Crippen LogP) is 0.183. The molecule has 1 aliphatic rings. The summed E-state index contributed by atoms with van der Waals surface area (Å²) in [4.78, 5) is 33.7. The molecule has 0 radical (unpaired) electrons. The molecule has 0 aromatic carbocycles. The smallest absolute Gasteiger partial charge is 0.463 e. The van der Waals surface area contributed by atoms with Crippen molar-refractivity contribution in [3.63, 3.8) is 0 Å². The van der Waals surface area contributed by atoms with Crippen LogP contribution in [0.1, 0.15) is 6.92 Å². The van der Waals surface area contributed by atoms with Crippen molar-refractivity contribution in [1.29, 1.82) is 0 Å². The first kappa shape index (κ1) is 13.0. The Balaban J connectivity index is 2.67. The fourth-order valence-electron chi connectivity index (χ4n) is 1.15. The van der Waals surface area contributed by atoms with Crippen molar-refractivity contribution in [2.75, 3.05) is 13.2 Å². The van der Waals surface area contributed by atoms with E-state index in [9.17, 15) is 14.4 Å². The van der Waals surface area contributed by atoms with Crippen molar-refractivity contribution in [1.82, 2.24) is 0 Å². The molecule has 94 valence electrons. The normalized spacial score (nSPS) is 22.3. The highest BCUT2D eigenvalue weighted by atomic mass is 16.8. The van der Waals surface area contributed by atoms with Crippen LogP contribution >= 0.6 is 0 Å². The van der Waals surface area contributed by atoms with Crippen molar-refractivity contribution in [2.24, 2.45) is 0 Å². The second-order valence-electron chi connectivity index (χ2n) is 3.00. The van der Waals surface area contributed by atoms with Gasteiger partial charge in [0.05, 0.1) is 6.61 Å². The second kappa shape index (κ2) is 5.88. The molecule has 1 heterocycles. The molecule has 0 spiro atoms. The van der Waals surface area contributed by atoms with Crippen molar-refractivity contribution in [2.45, 2.75) is 19.1 Å². The highest BCUT2D eigenvalue weighted by Crippen LogP contribution is 2.18. The molecular formula is C10H12O7. The van der Waals surface area contributed by atoms with Crippen molar-refractivity contribution >= 4 is 18.1 Å². The number of carbonyl (C=O) groups excluding carboxylic acids is 3. The van der Waals surface area contributed by atoms with Crippen LogP contribution in [0.4, 0.5) is 4.79 Å². The van der Waals surface area contributed by atoms with Gasteiger partial charge in [0.15, 0.2) is 0 Å². The first-order valence-electron chi connectivity index (χ1n) is 4.91. The third-order valence-corrected chi connectivity index (χ3v) is 1.82. The van der Waals surface area contributed by atoms with Crippen LogP contribution in [0, 0.1) is 0 Å². The number of esters is 2. The molecule has 7 nitrogen and oxygen atoms in total. The van der Waals surface area contributed by atoms with E-state index in [1.54, 1.807) is 6.92 Å². The van der Waals surface area contributed by atoms with Gasteiger partial charge in [0, 0.05) is 0 Å². The van der Waals surface area contributed by atoms with E-state index in [0.717, 1.165) is 0 Å². The summed E-state index contributed by atoms with van der Waals surface area (Å²) < 4.78 is 18.4. The molecule has 0 aromatic rings. The molecular weight excluding hydrogens is 232 g/mol. The minimum atomic E-state index is -1.43. The molecule has 0 bridgehead atoms. The lowest BCUT2D eigenvalue weighted by atomic mass is 10.2. The van der Waals surface area contributed by atoms with Gasteiger partial charge in [-0.3, -0.25) is 0 Å². The summed E-state index contributed by atoms with van der Waals surface area (Å²) >= 11 is 0. The largest absolute Gasteiger partial charge is 0.510 e. The molecule has 1 rings (SSSR count). The number of hydrogen-bond acceptors (Lipinski definition) is 7. The molecule has 1 saturated heterocycles. The number of cyclic esters (lactones) is 2. The van der Waals surface area contributed by atoms with Crippen molar-refractivity contribution in [3.05, 3.63) is 12.7 Å². The Morgan fingerprint density at radius 1 is 1.29 bits per heavy atom. The SMILES string of the molecule is C=CCOC(=O)C1OC(=O)OC1C(=O)OCC. The fourth-order valence-corrected chi connectivity index (χ4v) is 1.15. The van der Waals surface area contributed by atoms with Gasteiger partial charge in [-0.25, -0.2) is 14.4 Å². The first-order valence-corrected chi connectivity index (χ1v) is 4.91. The van der Waals surface area contributed by atoms with E-state index in [-0.39, 0.29) is 13.2 Å². The summed E-state index contributed by atoms with van der Waals surface area (Å²) in [7, 11) is 0. The maximum Gasteiger partial charge on any atom is 0.510 e. The van der Waals surface area contributed by atoms with E-state index < -0.39 is 30.3 Å². The Morgan fingerprint density at radius 3 is 2.29 bits per heavy atom. The maximum absolute atomic E-state index is 11.4. The molecule has 2 unspecified atom stereocenters. The van der Waals surface area contributed by atoms with Crippen LogP contribution in [0.2, 0.25) is 0 Å². The standard InChI is InChI=1S/C10H12O7/c1-3-5-15-9(12)7-6(8(11)14-4-2)16-10(13)17-7/h3,6-7H,1,4-5H2,2H3. The summed E-state index contributed by atoms with van der Waals surface area (Å²) in [5, 5.41) is 0. The Hall–Kier alpha value is -2.05. The Labute approximate surface area is 97.3 Å². The van der Waals surface area contributed by atoms with Crippen LogP contribution in [-0.4, -0.2) is 43.5 Å². The van der Waals surface area contributed by atoms with Gasteiger partial charge in [0.25, 0.3) is 0 Å². The topological polar surface area (TPSA) is 88.1 Å². The van der Waals surface area contributed by atoms with Crippen LogP contribution in [0.5, 0.6) is 0 Å². The minimum absolute atomic E-state index is 0.0531. The summed E-state index contributed by atoms with van der Waals surface area (Å²) in [6.45, 7) is 4.98. The highest BCUT2D eigenvalue weighted by molar-refractivity contribution is 5.90. The first-order chi connectivity index (χ1) is 8.10. The van der Waals surface area contributed by atoms with Gasteiger partial charge in [-0.2, -0.15) is 0 Å². The highest BCUT2D eigenvalue weighted by Gasteiger charge is 2.48. The summed E-state index contributed by atoms with van der Waals surface area (Å²) in [6, 6.07) is 0. The number of rotatable bonds is 5. The zero-order chi connectivity index (χ0) is 12.8. The van der Waals surface area contributed by atoms with Crippen LogP contribution < -0.4 is 0 Å². The van der Waals surface area contributed by atoms with Gasteiger partial charge < -0.3 is 18.9 Å². The lowest BCUT2D eigenvalue weighted by Crippen LogP contribution is -2.39. The Morgan fingerprint density at radius 2 is 1.82 bits per heavy atom. The third kappa shape index (κ3) is 3.20. The van der Waals surface area contributed by atoms with Gasteiger partial charge in [-0.15, -0.1) is 0 Å². The molecule has 1 fully saturated rings. The van der Waals surface area contributed by atoms with Gasteiger partial charge >= 0.3 is 18.1 Å². The molecule has 2 atom stereocenters. The van der Waals surface area contributed by atoms with Gasteiger partial charge in [-0.05, 0) is 6.92 Å². The number of ether oxygens (including phenoxy) is 4. The van der Waals surface area contributed by atoms with Gasteiger partial charge in [0.1, 0.15) is 6.61 Å². The molecule has 1 aliphatic heterocycles. The van der Waals surface area contributed by atoms with Crippen LogP contribution in [0.3, 0.4) is 0 Å². The van der Waals surface area contributed by atoms with E-state index in [1.165, 1.54) is 6.08 Å². The van der Waals surface area contributed by atoms with Crippen LogP contribution in [-0.2, 0) is 28.5 Å². The fraction of sp³-hybridized carbons (Fsp3) is 0.500. The van der Waals surface area contributed by atoms with E-state index in [2.05, 4.69) is 25.5 Å². The molecule has 0 aromatic heterocycles. The Kier molecular flexibility index (Phi) is 4.50. The molecule has 17 heavy (non-hydrogen) atoms. The van der Waals surface area contributed by atoms with Crippen molar-refractivity contribution < 1.29 is 33.3 Å². The molecule has 0 amide bonds. The molecule has 0 N–H and O–H groups in total. The third-order valence-electron chi connectivity index (χ3n) is 1.82. The van der Waals surface area contributed by atoms with Crippen LogP contribution in [0.25, 0.3) is 0 Å². The average Bonchev–Trinajstić information content (AvgIpc) is 2.68. The minimum Gasteiger partial charge on any atom is -0.463 e. The average molecular weight is 244 g/mol. The zero-order valence-corrected chi connectivity index (χ0v) is 9.21. The lowest BCUT2D eigenvalue weighted by Gasteiger charge is -2.12. The summed E-state index contributed by atoms with van der Waals surface area (Å²) in [5.41, 5.74) is 0. The van der Waals surface area contributed by atoms with Gasteiger partial charge in [0.2, 0.25) is 12.2 Å². The van der Waals surface area contributed by atoms with E-state index in [4.69, 9.17) is 0 Å². The predicted molar refractivity (Wildman–Crippen MR) is 52.9 cm³/mol. The van der Waals surface area contributed by atoms with Crippen LogP contribution in [0.15, 0.2) is 12.7 Å². The van der Waals surface area contributed by atoms with E-state index in [1.807, 2.05) is 0 Å². The quantitative estimate of drug-likeness (QED) is 0.387. The number of hydrogen-bond donors (Lipinski definition) is 0. The van der Waals surface area contributed by atoms with E-state index in [0.29, 0.717) is 0 Å². The summed E-state index contributed by atoms with van der Waals surface area (Å²) in [6.07, 6.45) is -2.61. The Bertz CT molecular complexity index is 336. The maximum atomic E-state index is 11.4. The molecule has 7 heteroatoms. The van der Waals surface area contributed by atoms with Crippen molar-refractivity contribution in [3.8, 4) is 0 Å². The summed E-state index contributed by atoms with van der Waals surface area (Å²) in [5.74, 6) is -1.73. The monoisotopic (exact) mass is 244 g/mol. The molecule has 0 saturated carbocycles. The number of carbonyl (C=O) groups is 3. The van der Waals surface area contributed by atoms with Gasteiger partial charge in [-0.1, -0.05) is 12.7 Å². The van der Waals surface area contributed by atoms with E-state index >= 15 is 0 Å². The zero-order valence-electron chi connectivity index (χ0n) is 9.21. The second-order valence-corrected chi connectivity index (χ2v) is 3.00.